The monoisotopic (exact) mass is 428 g/mol. The summed E-state index contributed by atoms with van der Waals surface area (Å²) in [5.41, 5.74) is 2.72. The van der Waals surface area contributed by atoms with Gasteiger partial charge in [0.2, 0.25) is 18.2 Å². The molecule has 0 aromatic heterocycles. The summed E-state index contributed by atoms with van der Waals surface area (Å²) in [5, 5.41) is 2.41. The molecule has 0 radical (unpaired) electrons. The van der Waals surface area contributed by atoms with Gasteiger partial charge in [0, 0.05) is 19.5 Å². The van der Waals surface area contributed by atoms with Gasteiger partial charge in [0.05, 0.1) is 17.9 Å². The molecule has 8 nitrogen and oxygen atoms in total. The maximum absolute atomic E-state index is 12.4. The third-order valence-corrected chi connectivity index (χ3v) is 6.40. The van der Waals surface area contributed by atoms with Crippen molar-refractivity contribution in [2.45, 2.75) is 57.5 Å². The van der Waals surface area contributed by atoms with E-state index in [1.165, 1.54) is 0 Å². The third kappa shape index (κ3) is 5.12. The number of amides is 3. The van der Waals surface area contributed by atoms with Crippen molar-refractivity contribution in [1.82, 2.24) is 10.2 Å². The van der Waals surface area contributed by atoms with Crippen molar-refractivity contribution in [3.63, 3.8) is 0 Å². The number of imide groups is 1. The SMILES string of the molecule is CC(C)N(C=O)c1cc(C2CCN(CC=O)CC2)ccc1N(C)C1CCC(=O)NC1=O. The molecule has 2 aliphatic rings. The number of likely N-dealkylation sites (tertiary alicyclic amines) is 1. The fraction of sp³-hybridized carbons (Fsp3) is 0.565. The van der Waals surface area contributed by atoms with Gasteiger partial charge in [0.15, 0.2) is 0 Å². The highest BCUT2D eigenvalue weighted by atomic mass is 16.2. The minimum atomic E-state index is -0.463. The molecule has 1 N–H and O–H groups in total. The summed E-state index contributed by atoms with van der Waals surface area (Å²) in [6, 6.07) is 5.60. The predicted octanol–water partition coefficient (Wildman–Crippen LogP) is 1.68. The molecule has 0 spiro atoms. The van der Waals surface area contributed by atoms with Gasteiger partial charge in [-0.25, -0.2) is 0 Å². The molecule has 3 rings (SSSR count). The van der Waals surface area contributed by atoms with Crippen LogP contribution in [0.25, 0.3) is 0 Å². The minimum Gasteiger partial charge on any atom is -0.361 e. The first-order valence-electron chi connectivity index (χ1n) is 11.0. The molecule has 2 heterocycles. The fourth-order valence-electron chi connectivity index (χ4n) is 4.53. The molecule has 1 aromatic carbocycles. The van der Waals surface area contributed by atoms with Gasteiger partial charge < -0.3 is 14.6 Å². The highest BCUT2D eigenvalue weighted by molar-refractivity contribution is 6.02. The summed E-state index contributed by atoms with van der Waals surface area (Å²) in [5.74, 6) is -0.196. The zero-order valence-electron chi connectivity index (χ0n) is 18.5. The lowest BCUT2D eigenvalue weighted by Gasteiger charge is -2.36. The highest BCUT2D eigenvalue weighted by Crippen LogP contribution is 2.37. The van der Waals surface area contributed by atoms with Crippen LogP contribution in [0.5, 0.6) is 0 Å². The number of carbonyl (C=O) groups excluding carboxylic acids is 4. The summed E-state index contributed by atoms with van der Waals surface area (Å²) >= 11 is 0. The van der Waals surface area contributed by atoms with E-state index in [0.717, 1.165) is 55.6 Å². The second-order valence-electron chi connectivity index (χ2n) is 8.67. The molecule has 2 saturated heterocycles. The van der Waals surface area contributed by atoms with Crippen LogP contribution in [-0.4, -0.2) is 68.2 Å². The summed E-state index contributed by atoms with van der Waals surface area (Å²) in [6.45, 7) is 6.12. The average Bonchev–Trinajstić information content (AvgIpc) is 2.74. The van der Waals surface area contributed by atoms with Crippen molar-refractivity contribution in [1.29, 1.82) is 0 Å². The van der Waals surface area contributed by atoms with Crippen LogP contribution in [-0.2, 0) is 19.2 Å². The van der Waals surface area contributed by atoms with Gasteiger partial charge >= 0.3 is 0 Å². The number of benzene rings is 1. The second-order valence-corrected chi connectivity index (χ2v) is 8.67. The molecule has 0 aliphatic carbocycles. The lowest BCUT2D eigenvalue weighted by Crippen LogP contribution is -2.51. The number of carbonyl (C=O) groups is 4. The molecule has 8 heteroatoms. The van der Waals surface area contributed by atoms with Crippen LogP contribution in [0.3, 0.4) is 0 Å². The molecule has 31 heavy (non-hydrogen) atoms. The summed E-state index contributed by atoms with van der Waals surface area (Å²) in [6.07, 6.45) is 4.44. The minimum absolute atomic E-state index is 0.0453. The largest absolute Gasteiger partial charge is 0.361 e. The maximum atomic E-state index is 12.4. The number of hydrogen-bond donors (Lipinski definition) is 1. The molecular weight excluding hydrogens is 396 g/mol. The molecule has 2 fully saturated rings. The normalized spacial score (nSPS) is 20.5. The van der Waals surface area contributed by atoms with Crippen LogP contribution in [0, 0.1) is 0 Å². The van der Waals surface area contributed by atoms with Gasteiger partial charge in [0.25, 0.3) is 0 Å². The van der Waals surface area contributed by atoms with Crippen LogP contribution < -0.4 is 15.1 Å². The topological polar surface area (TPSA) is 90.0 Å². The maximum Gasteiger partial charge on any atom is 0.249 e. The highest BCUT2D eigenvalue weighted by Gasteiger charge is 2.32. The Morgan fingerprint density at radius 3 is 2.42 bits per heavy atom. The third-order valence-electron chi connectivity index (χ3n) is 6.40. The van der Waals surface area contributed by atoms with Crippen molar-refractivity contribution in [2.24, 2.45) is 0 Å². The number of nitrogens with zero attached hydrogens (tertiary/aromatic N) is 3. The second kappa shape index (κ2) is 10.0. The first kappa shape index (κ1) is 22.9. The Kier molecular flexibility index (Phi) is 7.43. The van der Waals surface area contributed by atoms with E-state index in [9.17, 15) is 19.2 Å². The van der Waals surface area contributed by atoms with Crippen molar-refractivity contribution < 1.29 is 19.2 Å². The Bertz CT molecular complexity index is 833. The lowest BCUT2D eigenvalue weighted by molar-refractivity contribution is -0.134. The molecule has 1 unspecified atom stereocenters. The fourth-order valence-corrected chi connectivity index (χ4v) is 4.53. The Hall–Kier alpha value is -2.74. The van der Waals surface area contributed by atoms with E-state index in [4.69, 9.17) is 0 Å². The van der Waals surface area contributed by atoms with Crippen molar-refractivity contribution >= 4 is 35.9 Å². The Morgan fingerprint density at radius 2 is 1.84 bits per heavy atom. The number of likely N-dealkylation sites (N-methyl/N-ethyl adjacent to an activating group) is 1. The number of anilines is 2. The van der Waals surface area contributed by atoms with E-state index in [1.54, 1.807) is 4.90 Å². The zero-order valence-corrected chi connectivity index (χ0v) is 18.5. The van der Waals surface area contributed by atoms with E-state index in [-0.39, 0.29) is 17.9 Å². The van der Waals surface area contributed by atoms with Crippen molar-refractivity contribution in [3.8, 4) is 0 Å². The first-order chi connectivity index (χ1) is 14.8. The Labute approximate surface area is 183 Å². The van der Waals surface area contributed by atoms with Gasteiger partial charge in [-0.2, -0.15) is 0 Å². The molecule has 1 atom stereocenters. The predicted molar refractivity (Wildman–Crippen MR) is 119 cm³/mol. The molecule has 3 amide bonds. The Morgan fingerprint density at radius 1 is 1.13 bits per heavy atom. The molecule has 2 aliphatic heterocycles. The van der Waals surface area contributed by atoms with E-state index >= 15 is 0 Å². The van der Waals surface area contributed by atoms with Gasteiger partial charge in [-0.05, 0) is 69.8 Å². The number of aldehydes is 1. The van der Waals surface area contributed by atoms with Crippen LogP contribution in [0.4, 0.5) is 11.4 Å². The number of nitrogens with one attached hydrogen (secondary N) is 1. The molecule has 0 saturated carbocycles. The number of rotatable bonds is 8. The standard InChI is InChI=1S/C23H32N4O4/c1-16(2)27(15-29)21-14-18(17-8-10-26(11-9-17)12-13-28)4-5-19(21)25(3)20-6-7-22(30)24-23(20)31/h4-5,13-17,20H,6-12H2,1-3H3,(H,24,30,31). The smallest absolute Gasteiger partial charge is 0.249 e. The van der Waals surface area contributed by atoms with Gasteiger partial charge in [-0.15, -0.1) is 0 Å². The zero-order chi connectivity index (χ0) is 22.5. The molecular formula is C23H32N4O4. The number of piperidine rings is 2. The van der Waals surface area contributed by atoms with Crippen LogP contribution in [0.15, 0.2) is 18.2 Å². The first-order valence-corrected chi connectivity index (χ1v) is 11.0. The van der Waals surface area contributed by atoms with E-state index < -0.39 is 6.04 Å². The summed E-state index contributed by atoms with van der Waals surface area (Å²) in [7, 11) is 1.83. The van der Waals surface area contributed by atoms with Gasteiger partial charge in [0.1, 0.15) is 12.3 Å². The van der Waals surface area contributed by atoms with Gasteiger partial charge in [-0.3, -0.25) is 24.6 Å². The van der Waals surface area contributed by atoms with Crippen LogP contribution in [0.2, 0.25) is 0 Å². The lowest BCUT2D eigenvalue weighted by atomic mass is 9.88. The van der Waals surface area contributed by atoms with Crippen LogP contribution in [0.1, 0.15) is 51.0 Å². The van der Waals surface area contributed by atoms with Gasteiger partial charge in [-0.1, -0.05) is 6.07 Å². The van der Waals surface area contributed by atoms with Crippen molar-refractivity contribution in [2.75, 3.05) is 36.5 Å². The number of hydrogen-bond acceptors (Lipinski definition) is 6. The van der Waals surface area contributed by atoms with Crippen LogP contribution >= 0.6 is 0 Å². The van der Waals surface area contributed by atoms with E-state index in [1.807, 2.05) is 31.9 Å². The molecule has 0 bridgehead atoms. The molecule has 1 aromatic rings. The summed E-state index contributed by atoms with van der Waals surface area (Å²) in [4.78, 5) is 52.4. The van der Waals surface area contributed by atoms with Crippen molar-refractivity contribution in [3.05, 3.63) is 23.8 Å². The molecule has 168 valence electrons. The van der Waals surface area contributed by atoms with E-state index in [2.05, 4.69) is 22.3 Å². The quantitative estimate of drug-likeness (QED) is 0.501. The summed E-state index contributed by atoms with van der Waals surface area (Å²) < 4.78 is 0. The Balaban J connectivity index is 1.90. The van der Waals surface area contributed by atoms with E-state index in [0.29, 0.717) is 25.3 Å². The average molecular weight is 429 g/mol.